The third-order valence-electron chi connectivity index (χ3n) is 9.95. The molecule has 3 saturated heterocycles. The van der Waals surface area contributed by atoms with Crippen molar-refractivity contribution >= 4 is 35.0 Å². The van der Waals surface area contributed by atoms with Crippen molar-refractivity contribution in [2.75, 3.05) is 62.6 Å². The van der Waals surface area contributed by atoms with E-state index in [2.05, 4.69) is 35.7 Å². The number of piperidine rings is 2. The molecule has 2 aromatic carbocycles. The lowest BCUT2D eigenvalue weighted by Crippen LogP contribution is -2.49. The molecule has 0 spiro atoms. The number of fused-ring (bicyclic) bond motifs is 1. The molecule has 11 nitrogen and oxygen atoms in total. The normalized spacial score (nSPS) is 20.9. The monoisotopic (exact) mass is 640 g/mol. The largest absolute Gasteiger partial charge is 0.367 e. The van der Waals surface area contributed by atoms with E-state index >= 15 is 4.39 Å². The first-order chi connectivity index (χ1) is 22.9. The van der Waals surface area contributed by atoms with Gasteiger partial charge in [0.2, 0.25) is 17.8 Å². The number of nitrogens with zero attached hydrogens (tertiary/aromatic N) is 5. The zero-order valence-corrected chi connectivity index (χ0v) is 26.5. The lowest BCUT2D eigenvalue weighted by Gasteiger charge is -2.39. The molecule has 1 aromatic heterocycles. The molecule has 47 heavy (non-hydrogen) atoms. The highest BCUT2D eigenvalue weighted by molar-refractivity contribution is 6.01. The summed E-state index contributed by atoms with van der Waals surface area (Å²) in [5.74, 6) is -0.302. The van der Waals surface area contributed by atoms with Gasteiger partial charge >= 0.3 is 0 Å². The summed E-state index contributed by atoms with van der Waals surface area (Å²) in [6.07, 6.45) is 5.44. The highest BCUT2D eigenvalue weighted by atomic mass is 19.1. The third kappa shape index (κ3) is 7.13. The maximum absolute atomic E-state index is 15.2. The van der Waals surface area contributed by atoms with Gasteiger partial charge in [0.25, 0.3) is 5.91 Å². The fourth-order valence-electron chi connectivity index (χ4n) is 7.16. The molecule has 0 saturated carbocycles. The minimum Gasteiger partial charge on any atom is -0.367 e. The van der Waals surface area contributed by atoms with Gasteiger partial charge in [-0.25, -0.2) is 14.4 Å². The van der Waals surface area contributed by atoms with Crippen molar-refractivity contribution in [2.45, 2.75) is 44.6 Å². The molecular weight excluding hydrogens is 599 g/mol. The van der Waals surface area contributed by atoms with Gasteiger partial charge in [-0.15, -0.1) is 0 Å². The summed E-state index contributed by atoms with van der Waals surface area (Å²) in [5, 5.41) is 8.94. The van der Waals surface area contributed by atoms with Crippen LogP contribution in [0, 0.1) is 11.7 Å². The van der Waals surface area contributed by atoms with Crippen LogP contribution >= 0.6 is 0 Å². The molecule has 1 unspecified atom stereocenters. The Hall–Kier alpha value is -4.42. The van der Waals surface area contributed by atoms with Crippen molar-refractivity contribution in [1.29, 1.82) is 0 Å². The van der Waals surface area contributed by atoms with Crippen LogP contribution in [0.15, 0.2) is 48.7 Å². The first-order valence-electron chi connectivity index (χ1n) is 16.7. The molecule has 3 N–H and O–H groups in total. The molecule has 5 heterocycles. The van der Waals surface area contributed by atoms with Crippen LogP contribution in [-0.4, -0.2) is 89.8 Å². The lowest BCUT2D eigenvalue weighted by molar-refractivity contribution is -0.134. The first-order valence-corrected chi connectivity index (χ1v) is 16.7. The van der Waals surface area contributed by atoms with Crippen LogP contribution in [0.25, 0.3) is 0 Å². The van der Waals surface area contributed by atoms with E-state index in [-0.39, 0.29) is 30.0 Å². The van der Waals surface area contributed by atoms with Gasteiger partial charge in [-0.1, -0.05) is 6.07 Å². The van der Waals surface area contributed by atoms with E-state index in [0.29, 0.717) is 35.1 Å². The summed E-state index contributed by atoms with van der Waals surface area (Å²) in [7, 11) is 0. The Labute approximate surface area is 273 Å². The van der Waals surface area contributed by atoms with E-state index in [4.69, 9.17) is 0 Å². The molecule has 0 bridgehead atoms. The van der Waals surface area contributed by atoms with Crippen molar-refractivity contribution in [3.63, 3.8) is 0 Å². The molecule has 12 heteroatoms. The Morgan fingerprint density at radius 3 is 2.49 bits per heavy atom. The number of rotatable bonds is 7. The molecule has 3 fully saturated rings. The van der Waals surface area contributed by atoms with E-state index in [9.17, 15) is 14.4 Å². The number of anilines is 3. The quantitative estimate of drug-likeness (QED) is 0.334. The number of halogens is 1. The Bertz CT molecular complexity index is 1630. The van der Waals surface area contributed by atoms with E-state index in [0.717, 1.165) is 89.5 Å². The lowest BCUT2D eigenvalue weighted by atomic mass is 9.90. The second-order valence-corrected chi connectivity index (χ2v) is 13.0. The second-order valence-electron chi connectivity index (χ2n) is 13.0. The highest BCUT2D eigenvalue weighted by Crippen LogP contribution is 2.30. The van der Waals surface area contributed by atoms with Gasteiger partial charge in [-0.3, -0.25) is 24.6 Å². The average Bonchev–Trinajstić information content (AvgIpc) is 3.09. The summed E-state index contributed by atoms with van der Waals surface area (Å²) in [6, 6.07) is 12.6. The molecule has 0 aliphatic carbocycles. The number of benzene rings is 2. The van der Waals surface area contributed by atoms with Crippen LogP contribution in [0.5, 0.6) is 0 Å². The standard InChI is InChI=1S/C35H41FN8O3/c36-29-19-25(28-6-8-32(45)41-33(28)46)3-7-31(29)43-17-15-42(16-18-43)22-23-10-13-44(14-11-23)34(47)24-1-4-27(5-2-24)39-35-38-20-26-9-12-37-21-30(26)40-35/h1-5,7,19-20,23,28,37H,6,8-18,21-22H2,(H,38,39,40)(H,41,45,46). The predicted molar refractivity (Wildman–Crippen MR) is 176 cm³/mol. The van der Waals surface area contributed by atoms with Gasteiger partial charge in [0.15, 0.2) is 0 Å². The molecule has 7 rings (SSSR count). The summed E-state index contributed by atoms with van der Waals surface area (Å²) >= 11 is 0. The SMILES string of the molecule is O=C1CCC(c2ccc(N3CCN(CC4CCN(C(=O)c5ccc(Nc6ncc7c(n6)CNCC7)cc5)CC4)CC3)c(F)c2)C(=O)N1. The zero-order chi connectivity index (χ0) is 32.3. The van der Waals surface area contributed by atoms with E-state index in [1.165, 1.54) is 11.6 Å². The number of carbonyl (C=O) groups excluding carboxylic acids is 3. The molecule has 4 aliphatic rings. The van der Waals surface area contributed by atoms with Gasteiger partial charge in [0.1, 0.15) is 5.82 Å². The summed E-state index contributed by atoms with van der Waals surface area (Å²) in [6.45, 7) is 7.32. The molecular formula is C35H41FN8O3. The summed E-state index contributed by atoms with van der Waals surface area (Å²) in [4.78, 5) is 52.5. The number of hydrogen-bond acceptors (Lipinski definition) is 9. The van der Waals surface area contributed by atoms with Crippen molar-refractivity contribution in [1.82, 2.24) is 30.4 Å². The van der Waals surface area contributed by atoms with Crippen molar-refractivity contribution in [3.05, 3.63) is 76.9 Å². The number of hydrogen-bond donors (Lipinski definition) is 3. The minimum absolute atomic E-state index is 0.0605. The smallest absolute Gasteiger partial charge is 0.253 e. The van der Waals surface area contributed by atoms with Crippen LogP contribution in [-0.2, 0) is 22.6 Å². The highest BCUT2D eigenvalue weighted by Gasteiger charge is 2.30. The van der Waals surface area contributed by atoms with Crippen LogP contribution in [0.1, 0.15) is 58.8 Å². The van der Waals surface area contributed by atoms with Crippen LogP contribution in [0.3, 0.4) is 0 Å². The number of carbonyl (C=O) groups is 3. The molecule has 1 atom stereocenters. The van der Waals surface area contributed by atoms with Crippen molar-refractivity contribution in [2.24, 2.45) is 5.92 Å². The molecule has 4 aliphatic heterocycles. The number of imide groups is 1. The number of piperazine rings is 1. The topological polar surface area (TPSA) is 123 Å². The Balaban J connectivity index is 0.854. The second kappa shape index (κ2) is 13.7. The van der Waals surface area contributed by atoms with Gasteiger partial charge in [-0.2, -0.15) is 0 Å². The molecule has 3 amide bonds. The van der Waals surface area contributed by atoms with E-state index in [1.807, 2.05) is 41.4 Å². The van der Waals surface area contributed by atoms with Crippen LogP contribution < -0.4 is 20.9 Å². The van der Waals surface area contributed by atoms with Crippen molar-refractivity contribution in [3.8, 4) is 0 Å². The number of nitrogens with one attached hydrogen (secondary N) is 3. The maximum Gasteiger partial charge on any atom is 0.253 e. The number of aromatic nitrogens is 2. The van der Waals surface area contributed by atoms with Crippen LogP contribution in [0.2, 0.25) is 0 Å². The van der Waals surface area contributed by atoms with Crippen molar-refractivity contribution < 1.29 is 18.8 Å². The van der Waals surface area contributed by atoms with Crippen LogP contribution in [0.4, 0.5) is 21.7 Å². The van der Waals surface area contributed by atoms with Gasteiger partial charge in [-0.05, 0) is 85.7 Å². The fraction of sp³-hybridized carbons (Fsp3) is 0.457. The first kappa shape index (κ1) is 31.2. The Morgan fingerprint density at radius 2 is 1.74 bits per heavy atom. The fourth-order valence-corrected chi connectivity index (χ4v) is 7.16. The Morgan fingerprint density at radius 1 is 0.957 bits per heavy atom. The zero-order valence-electron chi connectivity index (χ0n) is 26.5. The molecule has 246 valence electrons. The maximum atomic E-state index is 15.2. The number of amides is 3. The number of likely N-dealkylation sites (tertiary alicyclic amines) is 1. The van der Waals surface area contributed by atoms with E-state index in [1.54, 1.807) is 6.07 Å². The van der Waals surface area contributed by atoms with Gasteiger partial charge < -0.3 is 20.4 Å². The summed E-state index contributed by atoms with van der Waals surface area (Å²) in [5.41, 5.74) is 4.90. The predicted octanol–water partition coefficient (Wildman–Crippen LogP) is 3.20. The van der Waals surface area contributed by atoms with Gasteiger partial charge in [0, 0.05) is 76.2 Å². The average molecular weight is 641 g/mol. The van der Waals surface area contributed by atoms with E-state index < -0.39 is 5.92 Å². The summed E-state index contributed by atoms with van der Waals surface area (Å²) < 4.78 is 15.2. The third-order valence-corrected chi connectivity index (χ3v) is 9.95. The van der Waals surface area contributed by atoms with Gasteiger partial charge in [0.05, 0.1) is 17.3 Å². The molecule has 3 aromatic rings. The molecule has 0 radical (unpaired) electrons. The Kier molecular flexibility index (Phi) is 9.12. The minimum atomic E-state index is -0.489.